The number of nitrogens with two attached hydrogens (primary N) is 1. The molecule has 52 heavy (non-hydrogen) atoms. The quantitative estimate of drug-likeness (QED) is 0.162. The highest BCUT2D eigenvalue weighted by molar-refractivity contribution is 5.96. The Morgan fingerprint density at radius 2 is 1.73 bits per heavy atom. The van der Waals surface area contributed by atoms with Gasteiger partial charge in [0.05, 0.1) is 13.2 Å². The number of hydrogen-bond acceptors (Lipinski definition) is 9. The predicted octanol–water partition coefficient (Wildman–Crippen LogP) is 7.28. The van der Waals surface area contributed by atoms with Gasteiger partial charge in [0.2, 0.25) is 11.8 Å². The topological polar surface area (TPSA) is 159 Å². The lowest BCUT2D eigenvalue weighted by Gasteiger charge is -2.34. The number of carbonyl (C=O) groups is 3. The van der Waals surface area contributed by atoms with Crippen molar-refractivity contribution in [1.29, 1.82) is 0 Å². The number of amides is 3. The molecule has 2 aliphatic rings. The summed E-state index contributed by atoms with van der Waals surface area (Å²) < 4.78 is 75.7. The highest BCUT2D eigenvalue weighted by Gasteiger charge is 2.38. The molecule has 0 aliphatic heterocycles. The van der Waals surface area contributed by atoms with Gasteiger partial charge in [0.15, 0.2) is 23.4 Å². The Balaban J connectivity index is 1.40. The maximum Gasteiger partial charge on any atom is 0.405 e. The summed E-state index contributed by atoms with van der Waals surface area (Å²) in [6, 6.07) is 8.17. The van der Waals surface area contributed by atoms with Gasteiger partial charge in [0.1, 0.15) is 17.1 Å². The highest BCUT2D eigenvalue weighted by Crippen LogP contribution is 2.40. The van der Waals surface area contributed by atoms with Crippen LogP contribution in [-0.4, -0.2) is 65.0 Å². The van der Waals surface area contributed by atoms with E-state index in [1.54, 1.807) is 0 Å². The Bertz CT molecular complexity index is 1750. The minimum absolute atomic E-state index is 0.0142. The molecule has 3 aromatic rings. The molecule has 12 nitrogen and oxygen atoms in total. The lowest BCUT2D eigenvalue weighted by molar-refractivity contribution is -0.0516. The van der Waals surface area contributed by atoms with Gasteiger partial charge >= 0.3 is 12.7 Å². The maximum absolute atomic E-state index is 13.7. The number of aromatic nitrogens is 2. The molecule has 1 atom stereocenters. The average molecular weight is 734 g/mol. The van der Waals surface area contributed by atoms with Crippen molar-refractivity contribution in [1.82, 2.24) is 20.2 Å². The number of nitrogens with zero attached hydrogens (tertiary/aromatic N) is 3. The molecule has 2 aromatic heterocycles. The summed E-state index contributed by atoms with van der Waals surface area (Å²) in [6.45, 7) is 2.73. The third kappa shape index (κ3) is 10.3. The second-order valence-corrected chi connectivity index (χ2v) is 14.4. The second-order valence-electron chi connectivity index (χ2n) is 14.4. The maximum atomic E-state index is 13.7. The molecule has 1 aromatic carbocycles. The molecule has 3 amide bonds. The van der Waals surface area contributed by atoms with Crippen molar-refractivity contribution in [3.8, 4) is 23.0 Å². The van der Waals surface area contributed by atoms with Gasteiger partial charge in [-0.1, -0.05) is 26.8 Å². The van der Waals surface area contributed by atoms with Gasteiger partial charge in [-0.05, 0) is 73.8 Å². The van der Waals surface area contributed by atoms with E-state index in [4.69, 9.17) is 19.6 Å². The van der Waals surface area contributed by atoms with Crippen LogP contribution >= 0.6 is 0 Å². The Labute approximate surface area is 298 Å². The number of alkyl halides is 4. The molecule has 0 saturated heterocycles. The minimum Gasteiger partial charge on any atom is -0.489 e. The van der Waals surface area contributed by atoms with Crippen LogP contribution in [0.1, 0.15) is 104 Å². The van der Waals surface area contributed by atoms with Crippen molar-refractivity contribution >= 4 is 17.9 Å². The van der Waals surface area contributed by atoms with Crippen LogP contribution in [0, 0.1) is 11.3 Å². The van der Waals surface area contributed by atoms with Crippen LogP contribution in [0.4, 0.5) is 22.4 Å². The monoisotopic (exact) mass is 733 g/mol. The summed E-state index contributed by atoms with van der Waals surface area (Å²) in [6.07, 6.45) is -0.232. The van der Waals surface area contributed by atoms with Crippen LogP contribution in [0.2, 0.25) is 0 Å². The number of halogens is 4. The van der Waals surface area contributed by atoms with E-state index in [2.05, 4.69) is 20.0 Å². The lowest BCUT2D eigenvalue weighted by atomic mass is 9.88. The number of ether oxygens (including phenoxy) is 3. The molecule has 1 unspecified atom stereocenters. The Hall–Kier alpha value is -4.89. The third-order valence-electron chi connectivity index (χ3n) is 8.83. The normalized spacial score (nSPS) is 16.6. The molecule has 3 N–H and O–H groups in total. The summed E-state index contributed by atoms with van der Waals surface area (Å²) in [4.78, 5) is 48.8. The SMILES string of the molecule is CN(C(=O)c1cccc(C(=O)NCc2nc(-c3ccc(OC(F)F)c(OCC4CC4)c3)oc2C(CC(C)(C)C)OC(N)=O)n1)C1CCC(F)(F)CC1. The van der Waals surface area contributed by atoms with Gasteiger partial charge in [-0.15, -0.1) is 0 Å². The van der Waals surface area contributed by atoms with Gasteiger partial charge < -0.3 is 34.6 Å². The number of benzene rings is 1. The first-order chi connectivity index (χ1) is 24.5. The van der Waals surface area contributed by atoms with Crippen LogP contribution in [0.25, 0.3) is 11.5 Å². The van der Waals surface area contributed by atoms with E-state index in [1.165, 1.54) is 48.3 Å². The molecule has 0 bridgehead atoms. The first kappa shape index (κ1) is 38.3. The molecule has 282 valence electrons. The number of rotatable bonds is 14. The molecule has 5 rings (SSSR count). The van der Waals surface area contributed by atoms with Crippen molar-refractivity contribution in [2.45, 2.75) is 96.9 Å². The second kappa shape index (κ2) is 15.8. The molecule has 16 heteroatoms. The summed E-state index contributed by atoms with van der Waals surface area (Å²) in [5, 5.41) is 2.71. The van der Waals surface area contributed by atoms with Crippen LogP contribution < -0.4 is 20.5 Å². The number of hydrogen-bond donors (Lipinski definition) is 2. The van der Waals surface area contributed by atoms with Crippen LogP contribution in [0.5, 0.6) is 11.5 Å². The molecule has 2 fully saturated rings. The van der Waals surface area contributed by atoms with Gasteiger partial charge in [0.25, 0.3) is 11.8 Å². The highest BCUT2D eigenvalue weighted by atomic mass is 19.3. The standard InChI is InChI=1S/C36H43F4N5O7/c1-35(2,3)17-28(51-34(41)48)29-25(44-31(52-29)21-10-11-26(50-33(37)38)27(16-21)49-19-20-8-9-20)18-42-30(46)23-6-5-7-24(43-23)32(47)45(4)22-12-14-36(39,40)15-13-22/h5-7,10-11,16,20,22,28,33H,8-9,12-15,17-19H2,1-4H3,(H2,41,48)(H,42,46). The largest absolute Gasteiger partial charge is 0.489 e. The number of pyridine rings is 1. The molecular weight excluding hydrogens is 690 g/mol. The Kier molecular flexibility index (Phi) is 11.6. The number of primary amides is 1. The zero-order chi connectivity index (χ0) is 37.8. The van der Waals surface area contributed by atoms with E-state index in [0.717, 1.165) is 12.8 Å². The Morgan fingerprint density at radius 3 is 2.37 bits per heavy atom. The van der Waals surface area contributed by atoms with Crippen LogP contribution in [-0.2, 0) is 11.3 Å². The van der Waals surface area contributed by atoms with Gasteiger partial charge in [0, 0.05) is 31.5 Å². The van der Waals surface area contributed by atoms with Crippen molar-refractivity contribution in [2.75, 3.05) is 13.7 Å². The average Bonchev–Trinajstić information content (AvgIpc) is 3.81. The summed E-state index contributed by atoms with van der Waals surface area (Å²) in [5.74, 6) is -3.60. The molecular formula is C36H43F4N5O7. The zero-order valence-electron chi connectivity index (χ0n) is 29.4. The number of oxazole rings is 1. The van der Waals surface area contributed by atoms with E-state index >= 15 is 0 Å². The third-order valence-corrected chi connectivity index (χ3v) is 8.83. The fourth-order valence-corrected chi connectivity index (χ4v) is 5.88. The predicted molar refractivity (Wildman–Crippen MR) is 179 cm³/mol. The van der Waals surface area contributed by atoms with Crippen molar-refractivity contribution < 1.29 is 50.6 Å². The van der Waals surface area contributed by atoms with Gasteiger partial charge in [-0.3, -0.25) is 9.59 Å². The fourth-order valence-electron chi connectivity index (χ4n) is 5.88. The first-order valence-electron chi connectivity index (χ1n) is 17.1. The van der Waals surface area contributed by atoms with E-state index in [9.17, 15) is 31.9 Å². The summed E-state index contributed by atoms with van der Waals surface area (Å²) >= 11 is 0. The first-order valence-corrected chi connectivity index (χ1v) is 17.1. The Morgan fingerprint density at radius 1 is 1.04 bits per heavy atom. The molecule has 0 spiro atoms. The zero-order valence-corrected chi connectivity index (χ0v) is 29.4. The molecule has 0 radical (unpaired) electrons. The van der Waals surface area contributed by atoms with Crippen LogP contribution in [0.3, 0.4) is 0 Å². The van der Waals surface area contributed by atoms with E-state index < -0.39 is 42.0 Å². The number of carbonyl (C=O) groups excluding carboxylic acids is 3. The van der Waals surface area contributed by atoms with Gasteiger partial charge in [-0.25, -0.2) is 23.5 Å². The van der Waals surface area contributed by atoms with Crippen molar-refractivity contribution in [3.05, 3.63) is 59.2 Å². The van der Waals surface area contributed by atoms with E-state index in [0.29, 0.717) is 18.1 Å². The number of nitrogens with one attached hydrogen (secondary N) is 1. The van der Waals surface area contributed by atoms with Crippen molar-refractivity contribution in [3.63, 3.8) is 0 Å². The van der Waals surface area contributed by atoms with Crippen molar-refractivity contribution in [2.24, 2.45) is 17.1 Å². The fraction of sp³-hybridized carbons (Fsp3) is 0.528. The van der Waals surface area contributed by atoms with Gasteiger partial charge in [-0.2, -0.15) is 8.78 Å². The molecule has 2 aliphatic carbocycles. The minimum atomic E-state index is -3.08. The smallest absolute Gasteiger partial charge is 0.405 e. The van der Waals surface area contributed by atoms with Crippen LogP contribution in [0.15, 0.2) is 40.8 Å². The summed E-state index contributed by atoms with van der Waals surface area (Å²) in [5.41, 5.74) is 5.41. The lowest BCUT2D eigenvalue weighted by Crippen LogP contribution is -2.42. The molecule has 2 saturated carbocycles. The van der Waals surface area contributed by atoms with E-state index in [1.807, 2.05) is 20.8 Å². The van der Waals surface area contributed by atoms with E-state index in [-0.39, 0.29) is 84.9 Å². The molecule has 2 heterocycles. The summed E-state index contributed by atoms with van der Waals surface area (Å²) in [7, 11) is 1.53.